The number of carbonyl (C=O) groups is 1. The van der Waals surface area contributed by atoms with Gasteiger partial charge in [-0.1, -0.05) is 56.5 Å². The van der Waals surface area contributed by atoms with Gasteiger partial charge in [0.1, 0.15) is 6.04 Å². The molecule has 0 radical (unpaired) electrons. The van der Waals surface area contributed by atoms with E-state index < -0.39 is 0 Å². The summed E-state index contributed by atoms with van der Waals surface area (Å²) >= 11 is 0. The Bertz CT molecular complexity index is 469. The zero-order valence-electron chi connectivity index (χ0n) is 14.3. The van der Waals surface area contributed by atoms with Gasteiger partial charge in [0.2, 0.25) is 0 Å². The Morgan fingerprint density at radius 3 is 2.59 bits per heavy atom. The molecule has 1 saturated carbocycles. The number of hydrogen-bond donors (Lipinski definition) is 2. The topological polar surface area (TPSA) is 45.7 Å². The molecular weight excluding hydrogens is 272 g/mol. The van der Waals surface area contributed by atoms with Gasteiger partial charge in [0.05, 0.1) is 0 Å². The number of hydrogen-bond acceptors (Lipinski definition) is 1. The molecule has 1 aliphatic rings. The minimum Gasteiger partial charge on any atom is -0.348 e. The van der Waals surface area contributed by atoms with E-state index >= 15 is 0 Å². The van der Waals surface area contributed by atoms with Crippen LogP contribution in [0.4, 0.5) is 0 Å². The summed E-state index contributed by atoms with van der Waals surface area (Å²) in [5.74, 6) is 0.807. The van der Waals surface area contributed by atoms with Crippen LogP contribution >= 0.6 is 0 Å². The molecule has 0 aliphatic heterocycles. The Labute approximate surface area is 134 Å². The fourth-order valence-corrected chi connectivity index (χ4v) is 3.40. The van der Waals surface area contributed by atoms with Crippen molar-refractivity contribution in [3.8, 4) is 0 Å². The number of rotatable bonds is 6. The fourth-order valence-electron chi connectivity index (χ4n) is 3.40. The Hall–Kier alpha value is -1.35. The first-order valence-corrected chi connectivity index (χ1v) is 8.79. The fraction of sp³-hybridized carbons (Fsp3) is 0.632. The molecular formula is C19H31N2O+. The van der Waals surface area contributed by atoms with E-state index in [0.717, 1.165) is 12.8 Å². The van der Waals surface area contributed by atoms with Gasteiger partial charge >= 0.3 is 0 Å². The zero-order valence-corrected chi connectivity index (χ0v) is 14.3. The Kier molecular flexibility index (Phi) is 6.44. The van der Waals surface area contributed by atoms with E-state index in [1.54, 1.807) is 0 Å². The lowest BCUT2D eigenvalue weighted by Gasteiger charge is -2.29. The van der Waals surface area contributed by atoms with Crippen LogP contribution in [-0.4, -0.2) is 18.5 Å². The highest BCUT2D eigenvalue weighted by Crippen LogP contribution is 2.23. The SMILES string of the molecule is CC[C@@H]([NH2+]CC(=O)N[C@H]1CCCC[C@@H]1C)c1ccc(C)cc1. The molecule has 1 fully saturated rings. The lowest BCUT2D eigenvalue weighted by atomic mass is 9.86. The van der Waals surface area contributed by atoms with Crippen molar-refractivity contribution in [3.05, 3.63) is 35.4 Å². The van der Waals surface area contributed by atoms with E-state index in [1.165, 1.54) is 30.4 Å². The lowest BCUT2D eigenvalue weighted by Crippen LogP contribution is -2.87. The van der Waals surface area contributed by atoms with E-state index in [2.05, 4.69) is 55.7 Å². The van der Waals surface area contributed by atoms with E-state index in [-0.39, 0.29) is 5.91 Å². The van der Waals surface area contributed by atoms with E-state index in [1.807, 2.05) is 0 Å². The molecule has 0 heterocycles. The van der Waals surface area contributed by atoms with Crippen LogP contribution in [0.2, 0.25) is 0 Å². The van der Waals surface area contributed by atoms with Crippen molar-refractivity contribution in [1.29, 1.82) is 0 Å². The van der Waals surface area contributed by atoms with Crippen molar-refractivity contribution in [2.75, 3.05) is 6.54 Å². The highest BCUT2D eigenvalue weighted by molar-refractivity contribution is 5.77. The van der Waals surface area contributed by atoms with E-state index in [4.69, 9.17) is 0 Å². The second-order valence-corrected chi connectivity index (χ2v) is 6.80. The average Bonchev–Trinajstić information content (AvgIpc) is 2.52. The molecule has 0 spiro atoms. The molecule has 3 atom stereocenters. The third kappa shape index (κ3) is 4.84. The molecule has 122 valence electrons. The Morgan fingerprint density at radius 1 is 1.27 bits per heavy atom. The first-order valence-electron chi connectivity index (χ1n) is 8.79. The van der Waals surface area contributed by atoms with Gasteiger partial charge < -0.3 is 10.6 Å². The van der Waals surface area contributed by atoms with Crippen LogP contribution in [-0.2, 0) is 4.79 Å². The maximum atomic E-state index is 12.2. The number of nitrogens with one attached hydrogen (secondary N) is 1. The van der Waals surface area contributed by atoms with Crippen molar-refractivity contribution in [2.24, 2.45) is 5.92 Å². The zero-order chi connectivity index (χ0) is 15.9. The van der Waals surface area contributed by atoms with Gasteiger partial charge in [-0.05, 0) is 25.7 Å². The van der Waals surface area contributed by atoms with Gasteiger partial charge in [0.25, 0.3) is 5.91 Å². The smallest absolute Gasteiger partial charge is 0.275 e. The van der Waals surface area contributed by atoms with Gasteiger partial charge in [-0.2, -0.15) is 0 Å². The summed E-state index contributed by atoms with van der Waals surface area (Å²) in [6, 6.07) is 9.41. The molecule has 3 heteroatoms. The summed E-state index contributed by atoms with van der Waals surface area (Å²) in [5, 5.41) is 5.41. The maximum Gasteiger partial charge on any atom is 0.275 e. The Balaban J connectivity index is 1.82. The first-order chi connectivity index (χ1) is 10.6. The largest absolute Gasteiger partial charge is 0.348 e. The first kappa shape index (κ1) is 17.0. The molecule has 3 nitrogen and oxygen atoms in total. The summed E-state index contributed by atoms with van der Waals surface area (Å²) in [6.45, 7) is 7.07. The van der Waals surface area contributed by atoms with Crippen molar-refractivity contribution in [3.63, 3.8) is 0 Å². The predicted octanol–water partition coefficient (Wildman–Crippen LogP) is 2.70. The Morgan fingerprint density at radius 2 is 1.95 bits per heavy atom. The van der Waals surface area contributed by atoms with Crippen molar-refractivity contribution in [2.45, 2.75) is 65.0 Å². The van der Waals surface area contributed by atoms with Gasteiger partial charge in [-0.25, -0.2) is 0 Å². The number of benzene rings is 1. The molecule has 1 aromatic carbocycles. The van der Waals surface area contributed by atoms with Crippen molar-refractivity contribution < 1.29 is 10.1 Å². The number of aryl methyl sites for hydroxylation is 1. The summed E-state index contributed by atoms with van der Waals surface area (Å²) in [5.41, 5.74) is 2.59. The number of quaternary nitrogens is 1. The van der Waals surface area contributed by atoms with Crippen LogP contribution in [0, 0.1) is 12.8 Å². The van der Waals surface area contributed by atoms with E-state index in [0.29, 0.717) is 24.5 Å². The van der Waals surface area contributed by atoms with Gasteiger partial charge in [-0.15, -0.1) is 0 Å². The minimum absolute atomic E-state index is 0.185. The number of amides is 1. The van der Waals surface area contributed by atoms with Crippen LogP contribution in [0.1, 0.15) is 63.1 Å². The molecule has 0 bridgehead atoms. The predicted molar refractivity (Wildman–Crippen MR) is 90.6 cm³/mol. The van der Waals surface area contributed by atoms with Crippen LogP contribution in [0.25, 0.3) is 0 Å². The summed E-state index contributed by atoms with van der Waals surface area (Å²) in [7, 11) is 0. The normalized spacial score (nSPS) is 23.0. The average molecular weight is 303 g/mol. The molecule has 0 unspecified atom stereocenters. The van der Waals surface area contributed by atoms with Crippen LogP contribution in [0.5, 0.6) is 0 Å². The van der Waals surface area contributed by atoms with Gasteiger partial charge in [0.15, 0.2) is 6.54 Å². The van der Waals surface area contributed by atoms with Gasteiger partial charge in [0, 0.05) is 18.0 Å². The molecule has 0 saturated heterocycles. The number of nitrogens with two attached hydrogens (primary N) is 1. The maximum absolute atomic E-state index is 12.2. The molecule has 1 aromatic rings. The highest BCUT2D eigenvalue weighted by Gasteiger charge is 2.23. The molecule has 1 amide bonds. The standard InChI is InChI=1S/C19H30N2O/c1-4-17(16-11-9-14(2)10-12-16)20-13-19(22)21-18-8-6-5-7-15(18)3/h9-12,15,17-18,20H,4-8,13H2,1-3H3,(H,21,22)/p+1/t15-,17+,18-/m0/s1. The third-order valence-electron chi connectivity index (χ3n) is 4.99. The second kappa shape index (κ2) is 8.33. The molecule has 2 rings (SSSR count). The second-order valence-electron chi connectivity index (χ2n) is 6.80. The molecule has 1 aliphatic carbocycles. The van der Waals surface area contributed by atoms with Crippen LogP contribution in [0.3, 0.4) is 0 Å². The van der Waals surface area contributed by atoms with Gasteiger partial charge in [-0.3, -0.25) is 4.79 Å². The quantitative estimate of drug-likeness (QED) is 0.834. The highest BCUT2D eigenvalue weighted by atomic mass is 16.2. The minimum atomic E-state index is 0.185. The molecule has 3 N–H and O–H groups in total. The van der Waals surface area contributed by atoms with Crippen LogP contribution in [0.15, 0.2) is 24.3 Å². The lowest BCUT2D eigenvalue weighted by molar-refractivity contribution is -0.686. The summed E-state index contributed by atoms with van der Waals surface area (Å²) < 4.78 is 0. The number of carbonyl (C=O) groups excluding carboxylic acids is 1. The molecule has 22 heavy (non-hydrogen) atoms. The summed E-state index contributed by atoms with van der Waals surface area (Å²) in [6.07, 6.45) is 5.98. The van der Waals surface area contributed by atoms with Crippen LogP contribution < -0.4 is 10.6 Å². The third-order valence-corrected chi connectivity index (χ3v) is 4.99. The van der Waals surface area contributed by atoms with Crippen molar-refractivity contribution in [1.82, 2.24) is 5.32 Å². The van der Waals surface area contributed by atoms with Crippen molar-refractivity contribution >= 4 is 5.91 Å². The monoisotopic (exact) mass is 303 g/mol. The van der Waals surface area contributed by atoms with E-state index in [9.17, 15) is 4.79 Å². The summed E-state index contributed by atoms with van der Waals surface area (Å²) in [4.78, 5) is 12.2. The molecule has 0 aromatic heterocycles.